The van der Waals surface area contributed by atoms with Gasteiger partial charge in [0.2, 0.25) is 0 Å². The zero-order valence-electron chi connectivity index (χ0n) is 9.12. The smallest absolute Gasteiger partial charge is 0.119 e. The average Bonchev–Trinajstić information content (AvgIpc) is 2.15. The Hall–Kier alpha value is -0.240. The maximum absolute atomic E-state index is 9.76. The van der Waals surface area contributed by atoms with Gasteiger partial charge in [-0.15, -0.1) is 0 Å². The van der Waals surface area contributed by atoms with Crippen LogP contribution in [-0.4, -0.2) is 66.8 Å². The summed E-state index contributed by atoms with van der Waals surface area (Å²) in [5.41, 5.74) is -4.08. The van der Waals surface area contributed by atoms with Crippen LogP contribution in [0.3, 0.4) is 0 Å². The molecule has 92 valence electrons. The van der Waals surface area contributed by atoms with Gasteiger partial charge in [0.15, 0.2) is 0 Å². The summed E-state index contributed by atoms with van der Waals surface area (Å²) in [7, 11) is 0. The normalized spacial score (nSPS) is 26.2. The van der Waals surface area contributed by atoms with E-state index in [1.165, 1.54) is 6.92 Å². The molecule has 0 radical (unpaired) electrons. The first-order chi connectivity index (χ1) is 6.57. The lowest BCUT2D eigenvalue weighted by Crippen LogP contribution is -2.62. The first-order valence-corrected chi connectivity index (χ1v) is 4.67. The number of aliphatic hydroxyl groups excluding tert-OH is 4. The van der Waals surface area contributed by atoms with Crippen molar-refractivity contribution < 1.29 is 30.6 Å². The summed E-state index contributed by atoms with van der Waals surface area (Å²) < 4.78 is 0. The van der Waals surface area contributed by atoms with Gasteiger partial charge in [0.05, 0.1) is 12.7 Å². The van der Waals surface area contributed by atoms with E-state index in [1.54, 1.807) is 0 Å². The fraction of sp³-hybridized carbons (Fsp3) is 1.00. The monoisotopic (exact) mass is 224 g/mol. The molecule has 0 saturated carbocycles. The molecular formula is C9H20O6. The van der Waals surface area contributed by atoms with Gasteiger partial charge >= 0.3 is 0 Å². The highest BCUT2D eigenvalue weighted by Crippen LogP contribution is 2.25. The van der Waals surface area contributed by atoms with Gasteiger partial charge in [-0.2, -0.15) is 0 Å². The quantitative estimate of drug-likeness (QED) is 0.309. The molecule has 1 unspecified atom stereocenters. The van der Waals surface area contributed by atoms with Crippen molar-refractivity contribution in [3.63, 3.8) is 0 Å². The molecule has 0 bridgehead atoms. The minimum absolute atomic E-state index is 0.781. The van der Waals surface area contributed by atoms with E-state index in [-0.39, 0.29) is 0 Å². The van der Waals surface area contributed by atoms with Crippen LogP contribution < -0.4 is 0 Å². The van der Waals surface area contributed by atoms with Crippen molar-refractivity contribution in [2.75, 3.05) is 6.61 Å². The van der Waals surface area contributed by atoms with E-state index < -0.39 is 36.1 Å². The Labute approximate surface area is 88.4 Å². The van der Waals surface area contributed by atoms with Crippen molar-refractivity contribution in [3.05, 3.63) is 0 Å². The fourth-order valence-corrected chi connectivity index (χ4v) is 1.37. The molecule has 0 fully saturated rings. The lowest BCUT2D eigenvalue weighted by atomic mass is 9.81. The molecule has 0 amide bonds. The maximum Gasteiger partial charge on any atom is 0.119 e. The van der Waals surface area contributed by atoms with Crippen LogP contribution in [0.25, 0.3) is 0 Å². The van der Waals surface area contributed by atoms with Crippen LogP contribution in [0.1, 0.15) is 20.8 Å². The van der Waals surface area contributed by atoms with Crippen LogP contribution in [-0.2, 0) is 0 Å². The van der Waals surface area contributed by atoms with Crippen molar-refractivity contribution in [2.24, 2.45) is 0 Å². The van der Waals surface area contributed by atoms with Gasteiger partial charge in [-0.25, -0.2) is 0 Å². The number of rotatable bonds is 5. The van der Waals surface area contributed by atoms with Gasteiger partial charge < -0.3 is 30.6 Å². The Balaban J connectivity index is 4.87. The molecule has 6 N–H and O–H groups in total. The first kappa shape index (κ1) is 14.8. The van der Waals surface area contributed by atoms with Gasteiger partial charge in [-0.05, 0) is 20.8 Å². The summed E-state index contributed by atoms with van der Waals surface area (Å²) in [5, 5.41) is 56.1. The van der Waals surface area contributed by atoms with Crippen LogP contribution >= 0.6 is 0 Å². The van der Waals surface area contributed by atoms with E-state index >= 15 is 0 Å². The summed E-state index contributed by atoms with van der Waals surface area (Å²) >= 11 is 0. The molecule has 0 spiro atoms. The van der Waals surface area contributed by atoms with E-state index in [9.17, 15) is 20.4 Å². The summed E-state index contributed by atoms with van der Waals surface area (Å²) in [4.78, 5) is 0. The maximum atomic E-state index is 9.76. The van der Waals surface area contributed by atoms with Gasteiger partial charge in [0, 0.05) is 0 Å². The van der Waals surface area contributed by atoms with E-state index in [0.717, 1.165) is 13.8 Å². The standard InChI is InChI=1S/C9H20O6/c1-5(11)6(12)9(3,15)7(13)8(2,14)4-10/h5-7,10-15H,4H2,1-3H3/t5?,6-,7-,8+,9+/m1/s1. The number of aliphatic hydroxyl groups is 6. The van der Waals surface area contributed by atoms with E-state index in [1.807, 2.05) is 0 Å². The Morgan fingerprint density at radius 3 is 1.73 bits per heavy atom. The molecule has 0 aromatic rings. The van der Waals surface area contributed by atoms with E-state index in [2.05, 4.69) is 0 Å². The minimum Gasteiger partial charge on any atom is -0.393 e. The lowest BCUT2D eigenvalue weighted by molar-refractivity contribution is -0.219. The second-order valence-electron chi connectivity index (χ2n) is 4.33. The number of hydrogen-bond acceptors (Lipinski definition) is 6. The predicted octanol–water partition coefficient (Wildman–Crippen LogP) is -2.42. The van der Waals surface area contributed by atoms with E-state index in [0.29, 0.717) is 0 Å². The van der Waals surface area contributed by atoms with Crippen molar-refractivity contribution in [1.82, 2.24) is 0 Å². The topological polar surface area (TPSA) is 121 Å². The van der Waals surface area contributed by atoms with Crippen LogP contribution in [0.5, 0.6) is 0 Å². The predicted molar refractivity (Wildman–Crippen MR) is 52.0 cm³/mol. The van der Waals surface area contributed by atoms with Gasteiger partial charge in [-0.1, -0.05) is 0 Å². The zero-order valence-corrected chi connectivity index (χ0v) is 9.12. The molecule has 0 aliphatic rings. The van der Waals surface area contributed by atoms with Gasteiger partial charge in [-0.3, -0.25) is 0 Å². The van der Waals surface area contributed by atoms with Crippen molar-refractivity contribution >= 4 is 0 Å². The molecule has 0 aliphatic carbocycles. The van der Waals surface area contributed by atoms with Crippen LogP contribution in [0.4, 0.5) is 0 Å². The summed E-state index contributed by atoms with van der Waals surface area (Å²) in [6.07, 6.45) is -4.70. The molecule has 5 atom stereocenters. The molecule has 0 aromatic carbocycles. The molecule has 0 rings (SSSR count). The van der Waals surface area contributed by atoms with Crippen molar-refractivity contribution in [3.8, 4) is 0 Å². The third kappa shape index (κ3) is 3.10. The molecule has 0 aliphatic heterocycles. The molecule has 0 saturated heterocycles. The second-order valence-corrected chi connectivity index (χ2v) is 4.33. The molecule has 6 heteroatoms. The Morgan fingerprint density at radius 2 is 1.47 bits per heavy atom. The van der Waals surface area contributed by atoms with E-state index in [4.69, 9.17) is 10.2 Å². The molecule has 0 aromatic heterocycles. The number of hydrogen-bond donors (Lipinski definition) is 6. The first-order valence-electron chi connectivity index (χ1n) is 4.67. The highest BCUT2D eigenvalue weighted by atomic mass is 16.4. The highest BCUT2D eigenvalue weighted by Gasteiger charge is 2.48. The molecule has 0 heterocycles. The SMILES string of the molecule is CC(O)[C@@H](O)[C@](C)(O)[C@H](O)[C@@](C)(O)CO. The lowest BCUT2D eigenvalue weighted by Gasteiger charge is -2.41. The van der Waals surface area contributed by atoms with Crippen LogP contribution in [0.15, 0.2) is 0 Å². The molecule has 6 nitrogen and oxygen atoms in total. The minimum atomic E-state index is -2.12. The summed E-state index contributed by atoms with van der Waals surface area (Å²) in [6.45, 7) is 2.64. The van der Waals surface area contributed by atoms with Crippen LogP contribution in [0.2, 0.25) is 0 Å². The Kier molecular flexibility index (Phi) is 4.66. The Morgan fingerprint density at radius 1 is 1.07 bits per heavy atom. The second kappa shape index (κ2) is 4.73. The van der Waals surface area contributed by atoms with Crippen molar-refractivity contribution in [2.45, 2.75) is 50.3 Å². The van der Waals surface area contributed by atoms with Gasteiger partial charge in [0.1, 0.15) is 23.4 Å². The molecule has 15 heavy (non-hydrogen) atoms. The zero-order chi connectivity index (χ0) is 12.4. The fourth-order valence-electron chi connectivity index (χ4n) is 1.37. The highest BCUT2D eigenvalue weighted by molar-refractivity contribution is 4.99. The van der Waals surface area contributed by atoms with Crippen LogP contribution in [0, 0.1) is 0 Å². The van der Waals surface area contributed by atoms with Gasteiger partial charge in [0.25, 0.3) is 0 Å². The summed E-state index contributed by atoms with van der Waals surface area (Å²) in [5.74, 6) is 0. The third-order valence-electron chi connectivity index (χ3n) is 2.52. The van der Waals surface area contributed by atoms with Crippen molar-refractivity contribution in [1.29, 1.82) is 0 Å². The summed E-state index contributed by atoms with van der Waals surface area (Å²) in [6, 6.07) is 0. The third-order valence-corrected chi connectivity index (χ3v) is 2.52. The Bertz CT molecular complexity index is 201. The largest absolute Gasteiger partial charge is 0.393 e. The average molecular weight is 224 g/mol. The molecular weight excluding hydrogens is 204 g/mol.